The lowest BCUT2D eigenvalue weighted by atomic mass is 9.96. The SMILES string of the molecule is Cn1cc(-c2ccc(Cl)cc2)c(-c2cccc(N3CCN(c4ccc(NS(=O)(=O)c5ccc(NCCSc6ccccc6)c(S(=O)(=O)C(F)(F)F)c5)cc4)CC3)c2)c1C(=O)O. The van der Waals surface area contributed by atoms with Crippen LogP contribution in [-0.4, -0.2) is 76.5 Å². The molecule has 1 aliphatic heterocycles. The van der Waals surface area contributed by atoms with E-state index < -0.39 is 41.1 Å². The molecule has 1 fully saturated rings. The number of aromatic nitrogens is 1. The molecule has 0 amide bonds. The van der Waals surface area contributed by atoms with Crippen LogP contribution < -0.4 is 19.8 Å². The third kappa shape index (κ3) is 9.64. The summed E-state index contributed by atoms with van der Waals surface area (Å²) in [6, 6.07) is 33.3. The molecule has 11 nitrogen and oxygen atoms in total. The molecule has 1 saturated heterocycles. The summed E-state index contributed by atoms with van der Waals surface area (Å²) in [5.41, 5.74) is -1.09. The predicted molar refractivity (Wildman–Crippen MR) is 235 cm³/mol. The van der Waals surface area contributed by atoms with Crippen molar-refractivity contribution in [1.82, 2.24) is 4.57 Å². The largest absolute Gasteiger partial charge is 0.501 e. The average molecular weight is 910 g/mol. The summed E-state index contributed by atoms with van der Waals surface area (Å²) in [7, 11) is -8.74. The highest BCUT2D eigenvalue weighted by atomic mass is 35.5. The number of nitrogens with one attached hydrogen (secondary N) is 2. The highest BCUT2D eigenvalue weighted by molar-refractivity contribution is 7.99. The fourth-order valence-electron chi connectivity index (χ4n) is 7.09. The second-order valence-electron chi connectivity index (χ2n) is 14.1. The summed E-state index contributed by atoms with van der Waals surface area (Å²) in [6.45, 7) is 2.58. The lowest BCUT2D eigenvalue weighted by molar-refractivity contribution is -0.0435. The monoisotopic (exact) mass is 909 g/mol. The summed E-state index contributed by atoms with van der Waals surface area (Å²) in [4.78, 5) is 15.8. The van der Waals surface area contributed by atoms with Crippen molar-refractivity contribution in [3.05, 3.63) is 138 Å². The van der Waals surface area contributed by atoms with Gasteiger partial charge < -0.3 is 24.8 Å². The van der Waals surface area contributed by atoms with Crippen LogP contribution in [0.1, 0.15) is 10.5 Å². The van der Waals surface area contributed by atoms with E-state index in [0.29, 0.717) is 48.6 Å². The number of hydrogen-bond donors (Lipinski definition) is 3. The lowest BCUT2D eigenvalue weighted by Crippen LogP contribution is -2.46. The third-order valence-electron chi connectivity index (χ3n) is 10.1. The number of carbonyl (C=O) groups is 1. The normalized spacial score (nSPS) is 13.6. The number of benzene rings is 5. The highest BCUT2D eigenvalue weighted by Crippen LogP contribution is 2.39. The first-order chi connectivity index (χ1) is 29.0. The van der Waals surface area contributed by atoms with Crippen molar-refractivity contribution < 1.29 is 39.9 Å². The molecule has 1 aliphatic rings. The van der Waals surface area contributed by atoms with E-state index in [2.05, 4.69) is 19.8 Å². The lowest BCUT2D eigenvalue weighted by Gasteiger charge is -2.37. The molecule has 7 rings (SSSR count). The molecule has 318 valence electrons. The number of aromatic carboxylic acids is 1. The third-order valence-corrected chi connectivity index (χ3v) is 14.3. The van der Waals surface area contributed by atoms with E-state index in [1.54, 1.807) is 42.1 Å². The van der Waals surface area contributed by atoms with Crippen LogP contribution in [0.2, 0.25) is 5.02 Å². The summed E-state index contributed by atoms with van der Waals surface area (Å²) in [5.74, 6) is -0.650. The van der Waals surface area contributed by atoms with Gasteiger partial charge in [0.25, 0.3) is 19.9 Å². The first kappa shape index (κ1) is 43.5. The van der Waals surface area contributed by atoms with E-state index in [0.717, 1.165) is 45.1 Å². The molecule has 0 spiro atoms. The molecular weight excluding hydrogens is 871 g/mol. The molecule has 0 atom stereocenters. The summed E-state index contributed by atoms with van der Waals surface area (Å²) < 4.78 is 97.3. The quantitative estimate of drug-likeness (QED) is 0.0716. The molecule has 1 aromatic heterocycles. The van der Waals surface area contributed by atoms with Gasteiger partial charge in [0.1, 0.15) is 10.6 Å². The van der Waals surface area contributed by atoms with Gasteiger partial charge in [-0.3, -0.25) is 4.72 Å². The maximum atomic E-state index is 13.8. The Morgan fingerprint density at radius 2 is 1.44 bits per heavy atom. The maximum Gasteiger partial charge on any atom is 0.501 e. The summed E-state index contributed by atoms with van der Waals surface area (Å²) >= 11 is 7.54. The molecule has 0 saturated carbocycles. The highest BCUT2D eigenvalue weighted by Gasteiger charge is 2.48. The smallest absolute Gasteiger partial charge is 0.477 e. The van der Waals surface area contributed by atoms with Crippen LogP contribution in [-0.2, 0) is 26.9 Å². The number of carboxylic acid groups (broad SMARTS) is 1. The number of sulfonamides is 1. The van der Waals surface area contributed by atoms with Crippen LogP contribution >= 0.6 is 23.4 Å². The van der Waals surface area contributed by atoms with Crippen molar-refractivity contribution in [1.29, 1.82) is 0 Å². The van der Waals surface area contributed by atoms with E-state index in [-0.39, 0.29) is 23.6 Å². The molecule has 0 radical (unpaired) electrons. The maximum absolute atomic E-state index is 13.8. The van der Waals surface area contributed by atoms with Gasteiger partial charge in [-0.2, -0.15) is 13.2 Å². The van der Waals surface area contributed by atoms with E-state index in [1.807, 2.05) is 66.7 Å². The molecule has 0 unspecified atom stereocenters. The fourth-order valence-corrected chi connectivity index (χ4v) is 10.1. The Morgan fingerprint density at radius 1 is 0.787 bits per heavy atom. The van der Waals surface area contributed by atoms with Crippen LogP contribution in [0, 0.1) is 0 Å². The Labute approximate surface area is 360 Å². The standard InChI is InChI=1S/C43H39ClF3N5O6S3/c1-50-28-37(29-10-12-31(44)13-11-29)40(41(50)42(53)54)30-6-5-7-34(26-30)52-23-21-51(22-24-52)33-16-14-32(15-17-33)49-61(57,58)36-18-19-38(39(27-36)60(55,56)43(45,46)47)48-20-25-59-35-8-3-2-4-9-35/h2-19,26-28,48-49H,20-25H2,1H3,(H,53,54). The Hall–Kier alpha value is -5.62. The van der Waals surface area contributed by atoms with Crippen LogP contribution in [0.4, 0.5) is 35.9 Å². The molecule has 3 N–H and O–H groups in total. The zero-order valence-electron chi connectivity index (χ0n) is 32.4. The number of piperazine rings is 1. The van der Waals surface area contributed by atoms with Crippen molar-refractivity contribution in [3.8, 4) is 22.3 Å². The van der Waals surface area contributed by atoms with Gasteiger partial charge in [-0.1, -0.05) is 54.1 Å². The molecule has 2 heterocycles. The number of alkyl halides is 3. The number of nitrogens with zero attached hydrogens (tertiary/aromatic N) is 3. The number of carboxylic acids is 1. The van der Waals surface area contributed by atoms with Gasteiger partial charge in [-0.25, -0.2) is 21.6 Å². The second-order valence-corrected chi connectivity index (χ2v) is 19.3. The number of rotatable bonds is 14. The van der Waals surface area contributed by atoms with Crippen LogP contribution in [0.25, 0.3) is 22.3 Å². The number of anilines is 4. The Balaban J connectivity index is 1.02. The topological polar surface area (TPSA) is 141 Å². The summed E-state index contributed by atoms with van der Waals surface area (Å²) in [5, 5.41) is 13.5. The zero-order valence-corrected chi connectivity index (χ0v) is 35.6. The van der Waals surface area contributed by atoms with Gasteiger partial charge >= 0.3 is 11.5 Å². The Bertz CT molecular complexity index is 2760. The first-order valence-corrected chi connectivity index (χ1v) is 23.1. The van der Waals surface area contributed by atoms with Crippen molar-refractivity contribution in [2.75, 3.05) is 58.3 Å². The van der Waals surface area contributed by atoms with Crippen LogP contribution in [0.15, 0.2) is 142 Å². The van der Waals surface area contributed by atoms with Gasteiger partial charge in [-0.05, 0) is 90.0 Å². The molecule has 18 heteroatoms. The van der Waals surface area contributed by atoms with Gasteiger partial charge in [0.2, 0.25) is 0 Å². The van der Waals surface area contributed by atoms with Gasteiger partial charge in [0, 0.05) is 89.8 Å². The van der Waals surface area contributed by atoms with Crippen molar-refractivity contribution in [2.24, 2.45) is 7.05 Å². The number of sulfone groups is 1. The van der Waals surface area contributed by atoms with Gasteiger partial charge in [-0.15, -0.1) is 11.8 Å². The number of hydrogen-bond acceptors (Lipinski definition) is 9. The van der Waals surface area contributed by atoms with Gasteiger partial charge in [0.05, 0.1) is 10.6 Å². The fraction of sp³-hybridized carbons (Fsp3) is 0.186. The van der Waals surface area contributed by atoms with E-state index in [4.69, 9.17) is 11.6 Å². The number of aryl methyl sites for hydroxylation is 1. The molecular formula is C43H39ClF3N5O6S3. The second kappa shape index (κ2) is 17.8. The zero-order chi connectivity index (χ0) is 43.5. The molecule has 5 aromatic carbocycles. The molecule has 61 heavy (non-hydrogen) atoms. The minimum absolute atomic E-state index is 0.106. The average Bonchev–Trinajstić information content (AvgIpc) is 3.60. The number of thioether (sulfide) groups is 1. The molecule has 0 aliphatic carbocycles. The van der Waals surface area contributed by atoms with E-state index in [9.17, 15) is 39.9 Å². The van der Waals surface area contributed by atoms with Crippen LogP contribution in [0.3, 0.4) is 0 Å². The van der Waals surface area contributed by atoms with Crippen molar-refractivity contribution in [3.63, 3.8) is 0 Å². The summed E-state index contributed by atoms with van der Waals surface area (Å²) in [6.07, 6.45) is 1.80. The van der Waals surface area contributed by atoms with Crippen molar-refractivity contribution in [2.45, 2.75) is 20.2 Å². The predicted octanol–water partition coefficient (Wildman–Crippen LogP) is 9.34. The Morgan fingerprint density at radius 3 is 2.08 bits per heavy atom. The Kier molecular flexibility index (Phi) is 12.7. The number of halogens is 4. The first-order valence-electron chi connectivity index (χ1n) is 18.8. The van der Waals surface area contributed by atoms with E-state index >= 15 is 0 Å². The van der Waals surface area contributed by atoms with Crippen LogP contribution in [0.5, 0.6) is 0 Å². The van der Waals surface area contributed by atoms with Gasteiger partial charge in [0.15, 0.2) is 0 Å². The van der Waals surface area contributed by atoms with E-state index in [1.165, 1.54) is 23.9 Å². The molecule has 6 aromatic rings. The van der Waals surface area contributed by atoms with Crippen molar-refractivity contribution >= 4 is 71.9 Å². The molecule has 0 bridgehead atoms. The minimum atomic E-state index is -5.92. The minimum Gasteiger partial charge on any atom is -0.477 e.